The first-order valence-electron chi connectivity index (χ1n) is 5.63. The van der Waals surface area contributed by atoms with E-state index in [2.05, 4.69) is 13.5 Å². The lowest BCUT2D eigenvalue weighted by atomic mass is 9.74. The van der Waals surface area contributed by atoms with Crippen LogP contribution in [0.5, 0.6) is 0 Å². The van der Waals surface area contributed by atoms with E-state index in [1.165, 1.54) is 31.9 Å². The van der Waals surface area contributed by atoms with E-state index < -0.39 is 0 Å². The van der Waals surface area contributed by atoms with Gasteiger partial charge in [0.1, 0.15) is 0 Å². The molecule has 0 radical (unpaired) electrons. The summed E-state index contributed by atoms with van der Waals surface area (Å²) in [5.41, 5.74) is 0.531. The van der Waals surface area contributed by atoms with Gasteiger partial charge in [0.2, 0.25) is 0 Å². The maximum absolute atomic E-state index is 5.41. The molecule has 0 aromatic carbocycles. The van der Waals surface area contributed by atoms with E-state index in [0.29, 0.717) is 5.41 Å². The van der Waals surface area contributed by atoms with Gasteiger partial charge in [-0.3, -0.25) is 0 Å². The molecular weight excluding hydrogens is 176 g/mol. The first-order valence-corrected chi connectivity index (χ1v) is 5.63. The Kier molecular flexibility index (Phi) is 5.02. The summed E-state index contributed by atoms with van der Waals surface area (Å²) in [5.74, 6) is 0. The van der Waals surface area contributed by atoms with Gasteiger partial charge in [-0.1, -0.05) is 19.9 Å². The second kappa shape index (κ2) is 6.07. The fourth-order valence-corrected chi connectivity index (χ4v) is 2.20. The summed E-state index contributed by atoms with van der Waals surface area (Å²) in [6.45, 7) is 8.52. The van der Waals surface area contributed by atoms with Crippen molar-refractivity contribution in [3.8, 4) is 0 Å². The summed E-state index contributed by atoms with van der Waals surface area (Å²) in [4.78, 5) is 0. The third-order valence-electron chi connectivity index (χ3n) is 3.39. The van der Waals surface area contributed by atoms with Crippen LogP contribution < -0.4 is 0 Å². The average Bonchev–Trinajstić information content (AvgIpc) is 2.26. The van der Waals surface area contributed by atoms with Gasteiger partial charge in [0.15, 0.2) is 0 Å². The summed E-state index contributed by atoms with van der Waals surface area (Å²) in [5, 5.41) is 0. The summed E-state index contributed by atoms with van der Waals surface area (Å²) in [6, 6.07) is 0. The van der Waals surface area contributed by atoms with Crippen LogP contribution in [0, 0.1) is 5.41 Å². The van der Waals surface area contributed by atoms with Gasteiger partial charge in [-0.15, -0.1) is 0 Å². The lowest BCUT2D eigenvalue weighted by molar-refractivity contribution is 0.00468. The maximum atomic E-state index is 5.41. The van der Waals surface area contributed by atoms with E-state index in [0.717, 1.165) is 26.2 Å². The van der Waals surface area contributed by atoms with Gasteiger partial charge in [-0.05, 0) is 31.1 Å². The van der Waals surface area contributed by atoms with Crippen LogP contribution in [-0.2, 0) is 9.47 Å². The molecule has 2 nitrogen and oxygen atoms in total. The van der Waals surface area contributed by atoms with E-state index in [1.54, 1.807) is 0 Å². The van der Waals surface area contributed by atoms with E-state index in [1.807, 2.05) is 0 Å². The molecule has 1 fully saturated rings. The zero-order valence-corrected chi connectivity index (χ0v) is 9.26. The Morgan fingerprint density at radius 1 is 1.43 bits per heavy atom. The average molecular weight is 198 g/mol. The minimum absolute atomic E-state index is 0.531. The zero-order valence-electron chi connectivity index (χ0n) is 9.26. The van der Waals surface area contributed by atoms with Crippen LogP contribution in [0.2, 0.25) is 0 Å². The molecule has 0 unspecified atom stereocenters. The normalized spacial score (nSPS) is 20.4. The fourth-order valence-electron chi connectivity index (χ4n) is 2.20. The van der Waals surface area contributed by atoms with Crippen molar-refractivity contribution in [1.82, 2.24) is 0 Å². The number of ether oxygens (including phenoxy) is 2. The Balaban J connectivity index is 2.25. The number of hydrogen-bond acceptors (Lipinski definition) is 2. The quantitative estimate of drug-likeness (QED) is 0.482. The summed E-state index contributed by atoms with van der Waals surface area (Å²) in [6.07, 6.45) is 7.64. The van der Waals surface area contributed by atoms with E-state index in [4.69, 9.17) is 9.47 Å². The summed E-state index contributed by atoms with van der Waals surface area (Å²) >= 11 is 0. The van der Waals surface area contributed by atoms with Crippen LogP contribution in [0.4, 0.5) is 0 Å². The van der Waals surface area contributed by atoms with Gasteiger partial charge in [0.05, 0.1) is 12.9 Å². The second-order valence-electron chi connectivity index (χ2n) is 4.11. The van der Waals surface area contributed by atoms with Crippen molar-refractivity contribution in [2.75, 3.05) is 19.8 Å². The van der Waals surface area contributed by atoms with Crippen molar-refractivity contribution in [1.29, 1.82) is 0 Å². The first-order chi connectivity index (χ1) is 6.83. The van der Waals surface area contributed by atoms with Crippen molar-refractivity contribution in [2.24, 2.45) is 5.41 Å². The van der Waals surface area contributed by atoms with Gasteiger partial charge < -0.3 is 9.47 Å². The van der Waals surface area contributed by atoms with E-state index >= 15 is 0 Å². The zero-order chi connectivity index (χ0) is 10.3. The molecule has 0 amide bonds. The maximum Gasteiger partial charge on any atom is 0.0873 e. The van der Waals surface area contributed by atoms with Crippen LogP contribution in [0.25, 0.3) is 0 Å². The lowest BCUT2D eigenvalue weighted by Crippen LogP contribution is -2.29. The third-order valence-corrected chi connectivity index (χ3v) is 3.39. The van der Waals surface area contributed by atoms with Gasteiger partial charge in [0, 0.05) is 13.2 Å². The highest BCUT2D eigenvalue weighted by Gasteiger charge is 2.29. The lowest BCUT2D eigenvalue weighted by Gasteiger charge is -2.36. The van der Waals surface area contributed by atoms with Gasteiger partial charge in [-0.2, -0.15) is 0 Å². The molecule has 1 saturated heterocycles. The largest absolute Gasteiger partial charge is 0.502 e. The van der Waals surface area contributed by atoms with Gasteiger partial charge in [-0.25, -0.2) is 0 Å². The molecule has 82 valence electrons. The second-order valence-corrected chi connectivity index (χ2v) is 4.11. The van der Waals surface area contributed by atoms with Crippen LogP contribution in [-0.4, -0.2) is 19.8 Å². The van der Waals surface area contributed by atoms with E-state index in [9.17, 15) is 0 Å². The van der Waals surface area contributed by atoms with Gasteiger partial charge in [0.25, 0.3) is 0 Å². The van der Waals surface area contributed by atoms with Crippen molar-refractivity contribution >= 4 is 0 Å². The molecule has 0 N–H and O–H groups in total. The van der Waals surface area contributed by atoms with Crippen LogP contribution in [0.1, 0.15) is 39.0 Å². The molecule has 0 saturated carbocycles. The Morgan fingerprint density at radius 3 is 2.71 bits per heavy atom. The molecule has 1 heterocycles. The monoisotopic (exact) mass is 198 g/mol. The highest BCUT2D eigenvalue weighted by atomic mass is 16.5. The highest BCUT2D eigenvalue weighted by Crippen LogP contribution is 2.38. The van der Waals surface area contributed by atoms with Gasteiger partial charge >= 0.3 is 0 Å². The Bertz CT molecular complexity index is 160. The number of hydrogen-bond donors (Lipinski definition) is 0. The van der Waals surface area contributed by atoms with Crippen molar-refractivity contribution in [3.05, 3.63) is 12.8 Å². The summed E-state index contributed by atoms with van der Waals surface area (Å²) < 4.78 is 10.6. The predicted molar refractivity (Wildman–Crippen MR) is 58.2 cm³/mol. The minimum Gasteiger partial charge on any atom is -0.502 e. The van der Waals surface area contributed by atoms with Crippen molar-refractivity contribution < 1.29 is 9.47 Å². The fraction of sp³-hybridized carbons (Fsp3) is 0.833. The highest BCUT2D eigenvalue weighted by molar-refractivity contribution is 4.80. The predicted octanol–water partition coefficient (Wildman–Crippen LogP) is 3.13. The minimum atomic E-state index is 0.531. The SMILES string of the molecule is C=COCCCC1(CC)CCOCC1. The van der Waals surface area contributed by atoms with Crippen LogP contribution in [0.15, 0.2) is 12.8 Å². The topological polar surface area (TPSA) is 18.5 Å². The molecule has 0 aliphatic carbocycles. The van der Waals surface area contributed by atoms with Crippen LogP contribution >= 0.6 is 0 Å². The molecule has 14 heavy (non-hydrogen) atoms. The van der Waals surface area contributed by atoms with Crippen molar-refractivity contribution in [2.45, 2.75) is 39.0 Å². The Morgan fingerprint density at radius 2 is 2.14 bits per heavy atom. The Labute approximate surface area is 87.3 Å². The molecule has 0 aromatic rings. The molecule has 2 heteroatoms. The Hall–Kier alpha value is -0.500. The molecule has 1 aliphatic heterocycles. The molecular formula is C12H22O2. The first kappa shape index (κ1) is 11.6. The van der Waals surface area contributed by atoms with E-state index in [-0.39, 0.29) is 0 Å². The molecule has 0 spiro atoms. The third kappa shape index (κ3) is 3.33. The smallest absolute Gasteiger partial charge is 0.0873 e. The standard InChI is InChI=1S/C12H22O2/c1-3-12(6-5-9-13-4-2)7-10-14-11-8-12/h4H,2-3,5-11H2,1H3. The molecule has 1 rings (SSSR count). The molecule has 0 aromatic heterocycles. The molecule has 0 atom stereocenters. The molecule has 0 bridgehead atoms. The summed E-state index contributed by atoms with van der Waals surface area (Å²) in [7, 11) is 0. The number of rotatable bonds is 6. The van der Waals surface area contributed by atoms with Crippen LogP contribution in [0.3, 0.4) is 0 Å². The van der Waals surface area contributed by atoms with Crippen molar-refractivity contribution in [3.63, 3.8) is 0 Å². The molecule has 1 aliphatic rings.